The van der Waals surface area contributed by atoms with Crippen molar-refractivity contribution in [3.05, 3.63) is 24.0 Å². The fourth-order valence-corrected chi connectivity index (χ4v) is 2.22. The quantitative estimate of drug-likeness (QED) is 0.763. The summed E-state index contributed by atoms with van der Waals surface area (Å²) in [5.74, 6) is 1.74. The predicted octanol–water partition coefficient (Wildman–Crippen LogP) is 2.13. The van der Waals surface area contributed by atoms with E-state index in [1.165, 1.54) is 0 Å². The fourth-order valence-electron chi connectivity index (χ4n) is 1.37. The number of nitrogens with zero attached hydrogens (tertiary/aromatic N) is 1. The molecule has 3 nitrogen and oxygen atoms in total. The number of pyridine rings is 1. The summed E-state index contributed by atoms with van der Waals surface area (Å²) >= 11 is 6.80. The summed E-state index contributed by atoms with van der Waals surface area (Å²) in [5.41, 5.74) is 7.20. The van der Waals surface area contributed by atoms with Gasteiger partial charge in [-0.25, -0.2) is 0 Å². The third-order valence-corrected chi connectivity index (χ3v) is 3.23. The van der Waals surface area contributed by atoms with Crippen molar-refractivity contribution in [3.8, 4) is 0 Å². The molecule has 1 atom stereocenters. The lowest BCUT2D eigenvalue weighted by Gasteiger charge is -2.14. The Labute approximate surface area is 106 Å². The molecule has 0 bridgehead atoms. The van der Waals surface area contributed by atoms with Gasteiger partial charge in [0.15, 0.2) is 0 Å². The van der Waals surface area contributed by atoms with Crippen molar-refractivity contribution in [1.82, 2.24) is 4.98 Å². The predicted molar refractivity (Wildman–Crippen MR) is 76.2 cm³/mol. The Bertz CT molecular complexity index is 355. The number of nitrogens with one attached hydrogen (secondary N) is 1. The molecule has 0 radical (unpaired) electrons. The summed E-state index contributed by atoms with van der Waals surface area (Å²) in [6.07, 6.45) is 3.81. The van der Waals surface area contributed by atoms with Gasteiger partial charge in [-0.15, -0.1) is 0 Å². The smallest absolute Gasteiger partial charge is 0.124 e. The zero-order chi connectivity index (χ0) is 12.0. The van der Waals surface area contributed by atoms with Crippen LogP contribution in [0.15, 0.2) is 18.3 Å². The molecule has 0 saturated carbocycles. The van der Waals surface area contributed by atoms with E-state index in [2.05, 4.69) is 23.5 Å². The lowest BCUT2D eigenvalue weighted by molar-refractivity contribution is 0.701. The Morgan fingerprint density at radius 1 is 1.69 bits per heavy atom. The van der Waals surface area contributed by atoms with Crippen molar-refractivity contribution in [2.45, 2.75) is 6.92 Å². The van der Waals surface area contributed by atoms with Crippen molar-refractivity contribution in [2.24, 2.45) is 11.7 Å². The number of thiocarbonyl (C=S) groups is 1. The van der Waals surface area contributed by atoms with Gasteiger partial charge in [0.2, 0.25) is 0 Å². The van der Waals surface area contributed by atoms with Crippen molar-refractivity contribution < 1.29 is 0 Å². The summed E-state index contributed by atoms with van der Waals surface area (Å²) in [5, 5.41) is 3.34. The van der Waals surface area contributed by atoms with Crippen LogP contribution in [0.2, 0.25) is 0 Å². The van der Waals surface area contributed by atoms with Gasteiger partial charge in [-0.05, 0) is 30.1 Å². The minimum absolute atomic E-state index is 0.334. The second-order valence-electron chi connectivity index (χ2n) is 3.71. The van der Waals surface area contributed by atoms with Crippen LogP contribution >= 0.6 is 24.0 Å². The van der Waals surface area contributed by atoms with Crippen LogP contribution in [0.5, 0.6) is 0 Å². The Morgan fingerprint density at radius 3 is 3.06 bits per heavy atom. The zero-order valence-electron chi connectivity index (χ0n) is 9.56. The number of hydrogen-bond donors (Lipinski definition) is 2. The van der Waals surface area contributed by atoms with Gasteiger partial charge in [0.05, 0.1) is 5.69 Å². The second kappa shape index (κ2) is 6.70. The van der Waals surface area contributed by atoms with E-state index in [9.17, 15) is 0 Å². The van der Waals surface area contributed by atoms with E-state index in [-0.39, 0.29) is 0 Å². The van der Waals surface area contributed by atoms with E-state index < -0.39 is 0 Å². The number of nitrogens with two attached hydrogens (primary N) is 1. The van der Waals surface area contributed by atoms with E-state index in [4.69, 9.17) is 18.0 Å². The van der Waals surface area contributed by atoms with Gasteiger partial charge in [-0.3, -0.25) is 4.98 Å². The number of hydrogen-bond acceptors (Lipinski definition) is 4. The van der Waals surface area contributed by atoms with Gasteiger partial charge in [0.1, 0.15) is 10.7 Å². The van der Waals surface area contributed by atoms with Crippen molar-refractivity contribution >= 4 is 34.7 Å². The molecule has 0 amide bonds. The van der Waals surface area contributed by atoms with Gasteiger partial charge in [0, 0.05) is 12.7 Å². The Kier molecular flexibility index (Phi) is 5.55. The number of thioether (sulfide) groups is 1. The van der Waals surface area contributed by atoms with E-state index in [1.807, 2.05) is 23.9 Å². The lowest BCUT2D eigenvalue weighted by Crippen LogP contribution is -2.18. The van der Waals surface area contributed by atoms with Crippen LogP contribution in [-0.4, -0.2) is 28.5 Å². The summed E-state index contributed by atoms with van der Waals surface area (Å²) in [6.45, 7) is 3.11. The van der Waals surface area contributed by atoms with Crippen LogP contribution in [0, 0.1) is 5.92 Å². The Hall–Kier alpha value is -0.810. The average Bonchev–Trinajstić information content (AvgIpc) is 2.27. The van der Waals surface area contributed by atoms with E-state index in [0.29, 0.717) is 16.6 Å². The van der Waals surface area contributed by atoms with E-state index >= 15 is 0 Å². The molecule has 1 heterocycles. The number of anilines is 1. The molecule has 5 heteroatoms. The second-order valence-corrected chi connectivity index (χ2v) is 5.06. The summed E-state index contributed by atoms with van der Waals surface area (Å²) < 4.78 is 0. The van der Waals surface area contributed by atoms with Crippen LogP contribution in [0.25, 0.3) is 0 Å². The van der Waals surface area contributed by atoms with Crippen LogP contribution in [0.4, 0.5) is 5.69 Å². The summed E-state index contributed by atoms with van der Waals surface area (Å²) in [4.78, 5) is 4.50. The SMILES string of the molecule is CSCC(C)CNc1cccnc1C(N)=S. The molecule has 88 valence electrons. The molecule has 1 unspecified atom stereocenters. The maximum Gasteiger partial charge on any atom is 0.124 e. The third kappa shape index (κ3) is 3.98. The molecule has 0 aliphatic rings. The standard InChI is InChI=1S/C11H17N3S2/c1-8(7-16-2)6-14-9-4-3-5-13-10(9)11(12)15/h3-5,8,14H,6-7H2,1-2H3,(H2,12,15). The van der Waals surface area contributed by atoms with Crippen molar-refractivity contribution in [3.63, 3.8) is 0 Å². The zero-order valence-corrected chi connectivity index (χ0v) is 11.2. The summed E-state index contributed by atoms with van der Waals surface area (Å²) in [7, 11) is 0. The van der Waals surface area contributed by atoms with Gasteiger partial charge >= 0.3 is 0 Å². The first kappa shape index (κ1) is 13.3. The molecule has 0 fully saturated rings. The van der Waals surface area contributed by atoms with Gasteiger partial charge in [-0.2, -0.15) is 11.8 Å². The lowest BCUT2D eigenvalue weighted by atomic mass is 10.2. The monoisotopic (exact) mass is 255 g/mol. The highest BCUT2D eigenvalue weighted by atomic mass is 32.2. The van der Waals surface area contributed by atoms with Crippen molar-refractivity contribution in [2.75, 3.05) is 23.9 Å². The molecule has 16 heavy (non-hydrogen) atoms. The molecule has 0 spiro atoms. The topological polar surface area (TPSA) is 50.9 Å². The highest BCUT2D eigenvalue weighted by Crippen LogP contribution is 2.13. The van der Waals surface area contributed by atoms with E-state index in [1.54, 1.807) is 6.20 Å². The molecular weight excluding hydrogens is 238 g/mol. The third-order valence-electron chi connectivity index (χ3n) is 2.13. The Balaban J connectivity index is 2.63. The van der Waals surface area contributed by atoms with Gasteiger partial charge < -0.3 is 11.1 Å². The maximum atomic E-state index is 5.60. The normalized spacial score (nSPS) is 12.1. The molecule has 0 saturated heterocycles. The average molecular weight is 255 g/mol. The van der Waals surface area contributed by atoms with Crippen LogP contribution in [0.3, 0.4) is 0 Å². The van der Waals surface area contributed by atoms with Gasteiger partial charge in [0.25, 0.3) is 0 Å². The largest absolute Gasteiger partial charge is 0.388 e. The number of aromatic nitrogens is 1. The molecule has 0 aliphatic heterocycles. The first-order chi connectivity index (χ1) is 7.65. The molecule has 1 aromatic heterocycles. The highest BCUT2D eigenvalue weighted by Gasteiger charge is 2.07. The van der Waals surface area contributed by atoms with Crippen LogP contribution < -0.4 is 11.1 Å². The fraction of sp³-hybridized carbons (Fsp3) is 0.455. The summed E-state index contributed by atoms with van der Waals surface area (Å²) in [6, 6.07) is 3.83. The molecule has 1 rings (SSSR count). The van der Waals surface area contributed by atoms with Gasteiger partial charge in [-0.1, -0.05) is 19.1 Å². The minimum atomic E-state index is 0.334. The first-order valence-electron chi connectivity index (χ1n) is 5.12. The van der Waals surface area contributed by atoms with Crippen LogP contribution in [0.1, 0.15) is 12.6 Å². The molecule has 1 aromatic rings. The number of rotatable bonds is 6. The Morgan fingerprint density at radius 2 is 2.44 bits per heavy atom. The first-order valence-corrected chi connectivity index (χ1v) is 6.93. The molecular formula is C11H17N3S2. The molecule has 3 N–H and O–H groups in total. The van der Waals surface area contributed by atoms with Crippen LogP contribution in [-0.2, 0) is 0 Å². The molecule has 0 aliphatic carbocycles. The molecule has 0 aromatic carbocycles. The van der Waals surface area contributed by atoms with E-state index in [0.717, 1.165) is 18.0 Å². The maximum absolute atomic E-state index is 5.60. The van der Waals surface area contributed by atoms with Crippen molar-refractivity contribution in [1.29, 1.82) is 0 Å². The minimum Gasteiger partial charge on any atom is -0.388 e. The highest BCUT2D eigenvalue weighted by molar-refractivity contribution is 7.98.